The van der Waals surface area contributed by atoms with Crippen molar-refractivity contribution in [2.45, 2.75) is 20.4 Å². The van der Waals surface area contributed by atoms with E-state index < -0.39 is 0 Å². The lowest BCUT2D eigenvalue weighted by atomic mass is 10.2. The number of aromatic nitrogens is 5. The minimum atomic E-state index is -0.370. The van der Waals surface area contributed by atoms with Crippen LogP contribution in [0.2, 0.25) is 0 Å². The van der Waals surface area contributed by atoms with Gasteiger partial charge in [0.05, 0.1) is 28.1 Å². The van der Waals surface area contributed by atoms with E-state index in [9.17, 15) is 9.59 Å². The van der Waals surface area contributed by atoms with Crippen molar-refractivity contribution in [3.8, 4) is 5.69 Å². The molecule has 2 aromatic heterocycles. The lowest BCUT2D eigenvalue weighted by Gasteiger charge is -2.08. The Balaban J connectivity index is 1.59. The van der Waals surface area contributed by atoms with Gasteiger partial charge in [0.15, 0.2) is 0 Å². The summed E-state index contributed by atoms with van der Waals surface area (Å²) in [6, 6.07) is 16.6. The summed E-state index contributed by atoms with van der Waals surface area (Å²) in [4.78, 5) is 25.0. The standard InChI is InChI=1S/C20H18N6O2/c1-13-19(14(2)26(23-13)15-8-4-3-5-9-15)21-18(27)12-25-20(28)16-10-6-7-11-17(16)22-24-25/h3-11H,12H2,1-2H3,(H,21,27). The Hall–Kier alpha value is -3.81. The van der Waals surface area contributed by atoms with Crippen LogP contribution in [0.25, 0.3) is 16.6 Å². The van der Waals surface area contributed by atoms with Crippen LogP contribution in [0, 0.1) is 13.8 Å². The predicted molar refractivity (Wildman–Crippen MR) is 105 cm³/mol. The zero-order valence-corrected chi connectivity index (χ0v) is 15.5. The smallest absolute Gasteiger partial charge is 0.278 e. The molecule has 8 nitrogen and oxygen atoms in total. The number of para-hydroxylation sites is 1. The number of hydrogen-bond donors (Lipinski definition) is 1. The first-order valence-electron chi connectivity index (χ1n) is 8.78. The molecule has 0 aliphatic rings. The molecule has 2 heterocycles. The molecule has 4 aromatic rings. The Morgan fingerprint density at radius 3 is 2.54 bits per heavy atom. The van der Waals surface area contributed by atoms with Gasteiger partial charge in [-0.1, -0.05) is 35.5 Å². The molecule has 140 valence electrons. The van der Waals surface area contributed by atoms with Gasteiger partial charge in [-0.25, -0.2) is 9.36 Å². The average molecular weight is 374 g/mol. The van der Waals surface area contributed by atoms with E-state index in [2.05, 4.69) is 20.7 Å². The number of benzene rings is 2. The molecule has 0 aliphatic carbocycles. The highest BCUT2D eigenvalue weighted by atomic mass is 16.2. The number of anilines is 1. The van der Waals surface area contributed by atoms with E-state index in [1.54, 1.807) is 28.9 Å². The molecule has 28 heavy (non-hydrogen) atoms. The Morgan fingerprint density at radius 1 is 1.04 bits per heavy atom. The fourth-order valence-corrected chi connectivity index (χ4v) is 3.09. The molecule has 4 rings (SSSR count). The van der Waals surface area contributed by atoms with Crippen LogP contribution in [-0.4, -0.2) is 30.7 Å². The number of amides is 1. The molecule has 2 aromatic carbocycles. The van der Waals surface area contributed by atoms with Crippen molar-refractivity contribution >= 4 is 22.5 Å². The van der Waals surface area contributed by atoms with Crippen LogP contribution in [0.4, 0.5) is 5.69 Å². The minimum absolute atomic E-state index is 0.230. The second-order valence-electron chi connectivity index (χ2n) is 6.41. The van der Waals surface area contributed by atoms with Gasteiger partial charge in [-0.15, -0.1) is 5.10 Å². The number of carbonyl (C=O) groups is 1. The van der Waals surface area contributed by atoms with Gasteiger partial charge in [-0.2, -0.15) is 5.10 Å². The molecule has 1 N–H and O–H groups in total. The van der Waals surface area contributed by atoms with Crippen LogP contribution >= 0.6 is 0 Å². The Morgan fingerprint density at radius 2 is 1.75 bits per heavy atom. The summed E-state index contributed by atoms with van der Waals surface area (Å²) >= 11 is 0. The number of nitrogens with one attached hydrogen (secondary N) is 1. The van der Waals surface area contributed by atoms with Gasteiger partial charge in [-0.3, -0.25) is 9.59 Å². The molecule has 0 bridgehead atoms. The van der Waals surface area contributed by atoms with E-state index in [1.165, 1.54) is 0 Å². The monoisotopic (exact) mass is 374 g/mol. The quantitative estimate of drug-likeness (QED) is 0.591. The molecule has 1 amide bonds. The normalized spacial score (nSPS) is 10.9. The maximum atomic E-state index is 12.5. The van der Waals surface area contributed by atoms with E-state index in [1.807, 2.05) is 44.2 Å². The fraction of sp³-hybridized carbons (Fsp3) is 0.150. The van der Waals surface area contributed by atoms with Gasteiger partial charge < -0.3 is 5.32 Å². The van der Waals surface area contributed by atoms with Gasteiger partial charge in [0.2, 0.25) is 5.91 Å². The van der Waals surface area contributed by atoms with E-state index in [0.717, 1.165) is 16.1 Å². The van der Waals surface area contributed by atoms with Gasteiger partial charge in [0, 0.05) is 0 Å². The van der Waals surface area contributed by atoms with Crippen molar-refractivity contribution in [3.63, 3.8) is 0 Å². The van der Waals surface area contributed by atoms with Crippen LogP contribution < -0.4 is 10.9 Å². The molecule has 0 unspecified atom stereocenters. The second-order valence-corrected chi connectivity index (χ2v) is 6.41. The first kappa shape index (κ1) is 17.6. The SMILES string of the molecule is Cc1nn(-c2ccccc2)c(C)c1NC(=O)Cn1nnc2ccccc2c1=O. The fourth-order valence-electron chi connectivity index (χ4n) is 3.09. The molecular weight excluding hydrogens is 356 g/mol. The molecule has 0 fully saturated rings. The van der Waals surface area contributed by atoms with Gasteiger partial charge in [-0.05, 0) is 38.1 Å². The Bertz CT molecular complexity index is 1230. The molecule has 0 saturated carbocycles. The summed E-state index contributed by atoms with van der Waals surface area (Å²) < 4.78 is 2.83. The average Bonchev–Trinajstić information content (AvgIpc) is 2.99. The summed E-state index contributed by atoms with van der Waals surface area (Å²) in [6.07, 6.45) is 0. The first-order valence-corrected chi connectivity index (χ1v) is 8.78. The summed E-state index contributed by atoms with van der Waals surface area (Å²) in [5.74, 6) is -0.370. The van der Waals surface area contributed by atoms with E-state index in [-0.39, 0.29) is 18.0 Å². The second kappa shape index (κ2) is 7.07. The van der Waals surface area contributed by atoms with Crippen molar-refractivity contribution in [1.82, 2.24) is 24.8 Å². The highest BCUT2D eigenvalue weighted by Gasteiger charge is 2.16. The third kappa shape index (κ3) is 3.16. The number of hydrogen-bond acceptors (Lipinski definition) is 5. The van der Waals surface area contributed by atoms with Crippen molar-refractivity contribution in [3.05, 3.63) is 76.3 Å². The zero-order valence-electron chi connectivity index (χ0n) is 15.5. The number of carbonyl (C=O) groups excluding carboxylic acids is 1. The zero-order chi connectivity index (χ0) is 19.7. The highest BCUT2D eigenvalue weighted by Crippen LogP contribution is 2.22. The molecule has 0 atom stereocenters. The van der Waals surface area contributed by atoms with Crippen LogP contribution in [-0.2, 0) is 11.3 Å². The molecule has 0 saturated heterocycles. The lowest BCUT2D eigenvalue weighted by molar-refractivity contribution is -0.117. The number of rotatable bonds is 4. The molecule has 8 heteroatoms. The Kier molecular flexibility index (Phi) is 4.44. The van der Waals surface area contributed by atoms with Crippen molar-refractivity contribution in [2.24, 2.45) is 0 Å². The summed E-state index contributed by atoms with van der Waals surface area (Å²) in [7, 11) is 0. The topological polar surface area (TPSA) is 94.7 Å². The highest BCUT2D eigenvalue weighted by molar-refractivity contribution is 5.92. The van der Waals surface area contributed by atoms with E-state index >= 15 is 0 Å². The van der Waals surface area contributed by atoms with Crippen molar-refractivity contribution < 1.29 is 4.79 Å². The summed E-state index contributed by atoms with van der Waals surface area (Å²) in [5.41, 5.74) is 3.16. The summed E-state index contributed by atoms with van der Waals surface area (Å²) in [6.45, 7) is 3.47. The summed E-state index contributed by atoms with van der Waals surface area (Å²) in [5, 5.41) is 15.6. The number of fused-ring (bicyclic) bond motifs is 1. The molecule has 0 spiro atoms. The van der Waals surface area contributed by atoms with Crippen molar-refractivity contribution in [2.75, 3.05) is 5.32 Å². The van der Waals surface area contributed by atoms with Crippen LogP contribution in [0.1, 0.15) is 11.4 Å². The molecule has 0 radical (unpaired) electrons. The van der Waals surface area contributed by atoms with E-state index in [0.29, 0.717) is 22.3 Å². The van der Waals surface area contributed by atoms with Gasteiger partial charge in [0.1, 0.15) is 12.1 Å². The van der Waals surface area contributed by atoms with Gasteiger partial charge in [0.25, 0.3) is 5.56 Å². The lowest BCUT2D eigenvalue weighted by Crippen LogP contribution is -2.30. The largest absolute Gasteiger partial charge is 0.321 e. The van der Waals surface area contributed by atoms with Gasteiger partial charge >= 0.3 is 0 Å². The third-order valence-corrected chi connectivity index (χ3v) is 4.48. The Labute approximate surface area is 160 Å². The molecular formula is C20H18N6O2. The third-order valence-electron chi connectivity index (χ3n) is 4.48. The first-order chi connectivity index (χ1) is 13.5. The van der Waals surface area contributed by atoms with E-state index in [4.69, 9.17) is 0 Å². The maximum absolute atomic E-state index is 12.5. The predicted octanol–water partition coefficient (Wildman–Crippen LogP) is 2.23. The molecule has 0 aliphatic heterocycles. The van der Waals surface area contributed by atoms with Crippen LogP contribution in [0.15, 0.2) is 59.4 Å². The van der Waals surface area contributed by atoms with Crippen LogP contribution in [0.5, 0.6) is 0 Å². The number of nitrogens with zero attached hydrogens (tertiary/aromatic N) is 5. The van der Waals surface area contributed by atoms with Crippen molar-refractivity contribution in [1.29, 1.82) is 0 Å². The number of aryl methyl sites for hydroxylation is 1. The van der Waals surface area contributed by atoms with Crippen LogP contribution in [0.3, 0.4) is 0 Å². The maximum Gasteiger partial charge on any atom is 0.278 e. The minimum Gasteiger partial charge on any atom is -0.321 e.